The summed E-state index contributed by atoms with van der Waals surface area (Å²) in [4.78, 5) is 16.5. The maximum Gasteiger partial charge on any atom is 0.239 e. The number of carbonyl (C=O) groups excluding carboxylic acids is 1. The molecule has 0 aliphatic carbocycles. The van der Waals surface area contributed by atoms with Crippen LogP contribution in [0, 0.1) is 6.92 Å². The number of benzene rings is 1. The van der Waals surface area contributed by atoms with Gasteiger partial charge < -0.3 is 15.5 Å². The zero-order valence-corrected chi connectivity index (χ0v) is 13.7. The molecule has 2 N–H and O–H groups in total. The number of nitrogens with zero attached hydrogens (tertiary/aromatic N) is 2. The minimum atomic E-state index is -0.344. The smallest absolute Gasteiger partial charge is 0.239 e. The number of amides is 1. The van der Waals surface area contributed by atoms with E-state index < -0.39 is 0 Å². The van der Waals surface area contributed by atoms with Crippen LogP contribution in [0.4, 0.5) is 5.69 Å². The van der Waals surface area contributed by atoms with E-state index in [9.17, 15) is 4.79 Å². The van der Waals surface area contributed by atoms with Crippen LogP contribution in [0.2, 0.25) is 0 Å². The van der Waals surface area contributed by atoms with Crippen molar-refractivity contribution in [3.63, 3.8) is 0 Å². The highest BCUT2D eigenvalue weighted by atomic mass is 32.2. The highest BCUT2D eigenvalue weighted by Crippen LogP contribution is 2.18. The van der Waals surface area contributed by atoms with E-state index in [-0.39, 0.29) is 11.9 Å². The fraction of sp³-hybridized carbons (Fsp3) is 0.562. The van der Waals surface area contributed by atoms with Gasteiger partial charge in [-0.25, -0.2) is 0 Å². The van der Waals surface area contributed by atoms with Crippen molar-refractivity contribution in [3.8, 4) is 0 Å². The minimum Gasteiger partial charge on any atom is -0.368 e. The molecule has 4 nitrogen and oxygen atoms in total. The molecule has 1 saturated heterocycles. The van der Waals surface area contributed by atoms with Gasteiger partial charge in [-0.05, 0) is 43.0 Å². The van der Waals surface area contributed by atoms with Crippen LogP contribution in [0.3, 0.4) is 0 Å². The molecule has 0 unspecified atom stereocenters. The molecule has 1 aliphatic heterocycles. The summed E-state index contributed by atoms with van der Waals surface area (Å²) in [6.45, 7) is 5.39. The number of rotatable bonds is 5. The van der Waals surface area contributed by atoms with Crippen molar-refractivity contribution >= 4 is 23.4 Å². The zero-order valence-electron chi connectivity index (χ0n) is 12.9. The molecule has 21 heavy (non-hydrogen) atoms. The second kappa shape index (κ2) is 7.71. The van der Waals surface area contributed by atoms with Gasteiger partial charge in [-0.1, -0.05) is 12.1 Å². The standard InChI is InChI=1S/C16H25N3OS/c1-13-4-3-5-14(12-13)18-7-9-19(10-8-18)16(20)15(17)6-11-21-2/h3-5,12,15H,6-11,17H2,1-2H3/t15-/m1/s1. The first-order valence-electron chi connectivity index (χ1n) is 7.46. The van der Waals surface area contributed by atoms with Crippen LogP contribution in [-0.4, -0.2) is 55.0 Å². The van der Waals surface area contributed by atoms with Crippen LogP contribution in [0.25, 0.3) is 0 Å². The van der Waals surface area contributed by atoms with E-state index in [2.05, 4.69) is 36.1 Å². The largest absolute Gasteiger partial charge is 0.368 e. The molecular weight excluding hydrogens is 282 g/mol. The van der Waals surface area contributed by atoms with Gasteiger partial charge in [0, 0.05) is 31.9 Å². The van der Waals surface area contributed by atoms with Crippen molar-refractivity contribution in [2.75, 3.05) is 43.1 Å². The number of anilines is 1. The number of piperazine rings is 1. The predicted octanol–water partition coefficient (Wildman–Crippen LogP) is 1.72. The summed E-state index contributed by atoms with van der Waals surface area (Å²) < 4.78 is 0. The van der Waals surface area contributed by atoms with E-state index in [4.69, 9.17) is 5.73 Å². The van der Waals surface area contributed by atoms with Crippen molar-refractivity contribution in [1.82, 2.24) is 4.90 Å². The van der Waals surface area contributed by atoms with Gasteiger partial charge in [-0.3, -0.25) is 4.79 Å². The maximum absolute atomic E-state index is 12.3. The van der Waals surface area contributed by atoms with E-state index in [1.54, 1.807) is 11.8 Å². The maximum atomic E-state index is 12.3. The first-order chi connectivity index (χ1) is 10.1. The molecule has 1 atom stereocenters. The van der Waals surface area contributed by atoms with Gasteiger partial charge in [0.05, 0.1) is 6.04 Å². The molecule has 1 aromatic carbocycles. The van der Waals surface area contributed by atoms with Gasteiger partial charge in [0.2, 0.25) is 5.91 Å². The van der Waals surface area contributed by atoms with Crippen LogP contribution in [-0.2, 0) is 4.79 Å². The number of aryl methyl sites for hydroxylation is 1. The number of hydrogen-bond donors (Lipinski definition) is 1. The lowest BCUT2D eigenvalue weighted by Crippen LogP contribution is -2.53. The van der Waals surface area contributed by atoms with Gasteiger partial charge in [-0.2, -0.15) is 11.8 Å². The first-order valence-corrected chi connectivity index (χ1v) is 8.86. The average Bonchev–Trinajstić information content (AvgIpc) is 2.52. The van der Waals surface area contributed by atoms with Crippen LogP contribution >= 0.6 is 11.8 Å². The normalized spacial score (nSPS) is 16.9. The Balaban J connectivity index is 1.87. The molecule has 1 heterocycles. The van der Waals surface area contributed by atoms with Gasteiger partial charge in [-0.15, -0.1) is 0 Å². The highest BCUT2D eigenvalue weighted by Gasteiger charge is 2.25. The molecule has 1 fully saturated rings. The van der Waals surface area contributed by atoms with E-state index in [0.29, 0.717) is 0 Å². The molecule has 0 spiro atoms. The van der Waals surface area contributed by atoms with Gasteiger partial charge in [0.25, 0.3) is 0 Å². The topological polar surface area (TPSA) is 49.6 Å². The summed E-state index contributed by atoms with van der Waals surface area (Å²) in [5.74, 6) is 1.05. The van der Waals surface area contributed by atoms with E-state index in [1.807, 2.05) is 11.2 Å². The minimum absolute atomic E-state index is 0.105. The summed E-state index contributed by atoms with van der Waals surface area (Å²) >= 11 is 1.73. The predicted molar refractivity (Wildman–Crippen MR) is 90.9 cm³/mol. The number of thioether (sulfide) groups is 1. The van der Waals surface area contributed by atoms with Gasteiger partial charge in [0.1, 0.15) is 0 Å². The first kappa shape index (κ1) is 16.2. The van der Waals surface area contributed by atoms with Crippen LogP contribution in [0.5, 0.6) is 0 Å². The van der Waals surface area contributed by atoms with E-state index >= 15 is 0 Å². The van der Waals surface area contributed by atoms with E-state index in [1.165, 1.54) is 11.3 Å². The van der Waals surface area contributed by atoms with Crippen LogP contribution < -0.4 is 10.6 Å². The SMILES string of the molecule is CSCC[C@@H](N)C(=O)N1CCN(c2cccc(C)c2)CC1. The van der Waals surface area contributed by atoms with Crippen molar-refractivity contribution in [1.29, 1.82) is 0 Å². The molecule has 0 radical (unpaired) electrons. The Kier molecular flexibility index (Phi) is 5.94. The lowest BCUT2D eigenvalue weighted by atomic mass is 10.1. The molecule has 5 heteroatoms. The Hall–Kier alpha value is -1.20. The van der Waals surface area contributed by atoms with Crippen molar-refractivity contribution in [2.45, 2.75) is 19.4 Å². The van der Waals surface area contributed by atoms with Crippen LogP contribution in [0.1, 0.15) is 12.0 Å². The number of hydrogen-bond acceptors (Lipinski definition) is 4. The van der Waals surface area contributed by atoms with E-state index in [0.717, 1.165) is 38.4 Å². The Bertz CT molecular complexity index is 472. The monoisotopic (exact) mass is 307 g/mol. The Morgan fingerprint density at radius 1 is 1.33 bits per heavy atom. The second-order valence-electron chi connectivity index (χ2n) is 5.54. The molecule has 1 aliphatic rings. The lowest BCUT2D eigenvalue weighted by Gasteiger charge is -2.37. The third-order valence-corrected chi connectivity index (χ3v) is 4.55. The quantitative estimate of drug-likeness (QED) is 0.900. The third-order valence-electron chi connectivity index (χ3n) is 3.91. The van der Waals surface area contributed by atoms with Crippen molar-refractivity contribution < 1.29 is 4.79 Å². The third kappa shape index (κ3) is 4.38. The lowest BCUT2D eigenvalue weighted by molar-refractivity contribution is -0.132. The van der Waals surface area contributed by atoms with Crippen molar-refractivity contribution in [3.05, 3.63) is 29.8 Å². The van der Waals surface area contributed by atoms with Gasteiger partial charge in [0.15, 0.2) is 0 Å². The molecule has 2 rings (SSSR count). The summed E-state index contributed by atoms with van der Waals surface area (Å²) in [6, 6.07) is 8.17. The molecule has 0 aromatic heterocycles. The molecule has 116 valence electrons. The molecule has 0 saturated carbocycles. The fourth-order valence-corrected chi connectivity index (χ4v) is 3.10. The van der Waals surface area contributed by atoms with Gasteiger partial charge >= 0.3 is 0 Å². The molecule has 1 amide bonds. The molecule has 0 bridgehead atoms. The fourth-order valence-electron chi connectivity index (χ4n) is 2.61. The Labute approximate surface area is 131 Å². The Morgan fingerprint density at radius 3 is 2.67 bits per heavy atom. The Morgan fingerprint density at radius 2 is 2.05 bits per heavy atom. The van der Waals surface area contributed by atoms with Crippen molar-refractivity contribution in [2.24, 2.45) is 5.73 Å². The summed E-state index contributed by atoms with van der Waals surface area (Å²) in [5, 5.41) is 0. The molecule has 1 aromatic rings. The number of carbonyl (C=O) groups is 1. The average molecular weight is 307 g/mol. The summed E-state index contributed by atoms with van der Waals surface area (Å²) in [7, 11) is 0. The molecular formula is C16H25N3OS. The second-order valence-corrected chi connectivity index (χ2v) is 6.52. The zero-order chi connectivity index (χ0) is 15.2. The highest BCUT2D eigenvalue weighted by molar-refractivity contribution is 7.98. The number of nitrogens with two attached hydrogens (primary N) is 1. The van der Waals surface area contributed by atoms with Crippen LogP contribution in [0.15, 0.2) is 24.3 Å². The summed E-state index contributed by atoms with van der Waals surface area (Å²) in [6.07, 6.45) is 2.80. The summed E-state index contributed by atoms with van der Waals surface area (Å²) in [5.41, 5.74) is 8.49.